The number of nitrogens with zero attached hydrogens (tertiary/aromatic N) is 2. The average Bonchev–Trinajstić information content (AvgIpc) is 2.96. The number of methoxy groups -OCH3 is 2. The molecule has 1 fully saturated rings. The molecule has 2 bridgehead atoms. The number of likely N-dealkylation sites (N-methyl/N-ethyl adjacent to an activating group) is 1. The van der Waals surface area contributed by atoms with Crippen LogP contribution < -0.4 is 4.74 Å². The first-order valence-corrected chi connectivity index (χ1v) is 13.1. The summed E-state index contributed by atoms with van der Waals surface area (Å²) < 4.78 is 16.1. The zero-order chi connectivity index (χ0) is 30.9. The molecule has 0 radical (unpaired) electrons. The lowest BCUT2D eigenvalue weighted by atomic mass is 9.75. The van der Waals surface area contributed by atoms with Gasteiger partial charge in [0.05, 0.1) is 25.8 Å². The number of carbonyl (C=O) groups is 5. The predicted molar refractivity (Wildman–Crippen MR) is 146 cm³/mol. The minimum absolute atomic E-state index is 0.0218. The van der Waals surface area contributed by atoms with Crippen LogP contribution in [0.1, 0.15) is 48.3 Å². The molecule has 12 heteroatoms. The van der Waals surface area contributed by atoms with E-state index in [2.05, 4.69) is 0 Å². The number of amides is 1. The lowest BCUT2D eigenvalue weighted by molar-refractivity contribution is -0.147. The number of rotatable bonds is 5. The fraction of sp³-hybridized carbons (Fsp3) is 0.367. The van der Waals surface area contributed by atoms with E-state index < -0.39 is 65.5 Å². The first kappa shape index (κ1) is 28.8. The number of phenols is 2. The molecule has 1 saturated heterocycles. The maximum Gasteiger partial charge on any atom is 0.333 e. The fourth-order valence-corrected chi connectivity index (χ4v) is 6.18. The van der Waals surface area contributed by atoms with E-state index in [1.54, 1.807) is 6.92 Å². The molecule has 1 amide bonds. The van der Waals surface area contributed by atoms with Gasteiger partial charge in [-0.2, -0.15) is 0 Å². The van der Waals surface area contributed by atoms with Crippen LogP contribution in [0.25, 0.3) is 0 Å². The van der Waals surface area contributed by atoms with E-state index in [0.717, 1.165) is 0 Å². The second kappa shape index (κ2) is 9.98. The number of allylic oxidation sites excluding steroid dienone is 5. The zero-order valence-electron chi connectivity index (χ0n) is 24.1. The van der Waals surface area contributed by atoms with Gasteiger partial charge in [0.2, 0.25) is 5.78 Å². The molecule has 3 aliphatic heterocycles. The maximum absolute atomic E-state index is 14.2. The molecule has 2 N–H and O–H groups in total. The molecule has 1 aromatic rings. The van der Waals surface area contributed by atoms with E-state index in [4.69, 9.17) is 14.2 Å². The molecule has 5 rings (SSSR count). The van der Waals surface area contributed by atoms with Gasteiger partial charge in [0.1, 0.15) is 18.4 Å². The van der Waals surface area contributed by atoms with E-state index in [1.165, 1.54) is 64.0 Å². The van der Waals surface area contributed by atoms with Crippen molar-refractivity contribution in [3.8, 4) is 17.2 Å². The fourth-order valence-electron chi connectivity index (χ4n) is 6.18. The van der Waals surface area contributed by atoms with Crippen LogP contribution in [-0.4, -0.2) is 89.2 Å². The Hall–Kier alpha value is -4.71. The summed E-state index contributed by atoms with van der Waals surface area (Å²) in [7, 11) is 4.05. The van der Waals surface area contributed by atoms with Crippen molar-refractivity contribution in [2.75, 3.05) is 27.9 Å². The number of carbonyl (C=O) groups excluding carboxylic acids is 5. The topological polar surface area (TPSA) is 160 Å². The Balaban J connectivity index is 1.79. The number of aromatic hydroxyl groups is 2. The Kier molecular flexibility index (Phi) is 6.85. The van der Waals surface area contributed by atoms with Crippen LogP contribution in [0.5, 0.6) is 17.2 Å². The van der Waals surface area contributed by atoms with Crippen molar-refractivity contribution in [2.45, 2.75) is 45.8 Å². The Bertz CT molecular complexity index is 1640. The quantitative estimate of drug-likeness (QED) is 0.173. The first-order chi connectivity index (χ1) is 19.8. The maximum atomic E-state index is 14.2. The highest BCUT2D eigenvalue weighted by Crippen LogP contribution is 2.55. The monoisotopic (exact) mass is 578 g/mol. The van der Waals surface area contributed by atoms with Crippen LogP contribution in [0.15, 0.2) is 45.9 Å². The number of hydrogen-bond acceptors (Lipinski definition) is 11. The third-order valence-electron chi connectivity index (χ3n) is 8.42. The Morgan fingerprint density at radius 3 is 2.29 bits per heavy atom. The third-order valence-corrected chi connectivity index (χ3v) is 8.42. The van der Waals surface area contributed by atoms with Crippen molar-refractivity contribution >= 4 is 29.2 Å². The van der Waals surface area contributed by atoms with Gasteiger partial charge in [0.15, 0.2) is 34.9 Å². The third kappa shape index (κ3) is 3.67. The second-order valence-electron chi connectivity index (χ2n) is 10.5. The molecule has 3 heterocycles. The predicted octanol–water partition coefficient (Wildman–Crippen LogP) is 1.94. The molecule has 1 aliphatic carbocycles. The number of ketones is 3. The summed E-state index contributed by atoms with van der Waals surface area (Å²) in [4.78, 5) is 70.5. The Labute approximate surface area is 241 Å². The van der Waals surface area contributed by atoms with E-state index in [9.17, 15) is 34.2 Å². The SMILES string of the molecule is C/C=C(/C)C(=O)OC[C@@H]1C2=C(C=C3[C@H]4c5c(O)c(OC)c(C)c(O)c5C(=O)[C@@H](C(=O)N31)N4C)C(=O)C(C)=C(OC)C2=O. The van der Waals surface area contributed by atoms with Gasteiger partial charge in [-0.1, -0.05) is 6.08 Å². The Morgan fingerprint density at radius 2 is 1.69 bits per heavy atom. The van der Waals surface area contributed by atoms with Crippen molar-refractivity contribution in [1.82, 2.24) is 9.80 Å². The summed E-state index contributed by atoms with van der Waals surface area (Å²) in [6.07, 6.45) is 2.91. The van der Waals surface area contributed by atoms with Crippen LogP contribution in [0.4, 0.5) is 0 Å². The van der Waals surface area contributed by atoms with E-state index in [0.29, 0.717) is 0 Å². The number of hydrogen-bond donors (Lipinski definition) is 2. The van der Waals surface area contributed by atoms with Gasteiger partial charge in [-0.25, -0.2) is 4.79 Å². The van der Waals surface area contributed by atoms with Crippen molar-refractivity contribution in [1.29, 1.82) is 0 Å². The summed E-state index contributed by atoms with van der Waals surface area (Å²) in [5.41, 5.74) is 0.186. The largest absolute Gasteiger partial charge is 0.507 e. The standard InChI is InChI=1S/C30H30N2O10/c1-8-11(2)30(39)42-10-16-17-14(22(33)12(3)27(40-6)25(17)36)9-15-20-18-19(23(34)13(4)28(41-7)26(18)37)24(35)21(31(20)5)29(38)32(15)16/h8-9,16,20-21,34,37H,10H2,1-7H3/b11-8-/t16-,20+,21+/m1/s1. The number of phenolic OH excluding ortho intramolecular Hbond substituents is 2. The average molecular weight is 579 g/mol. The molecule has 0 aromatic heterocycles. The van der Waals surface area contributed by atoms with Gasteiger partial charge in [0.25, 0.3) is 5.91 Å². The van der Waals surface area contributed by atoms with Gasteiger partial charge < -0.3 is 29.3 Å². The van der Waals surface area contributed by atoms with Crippen LogP contribution in [0.3, 0.4) is 0 Å². The zero-order valence-corrected chi connectivity index (χ0v) is 24.1. The highest BCUT2D eigenvalue weighted by molar-refractivity contribution is 6.27. The molecule has 3 atom stereocenters. The highest BCUT2D eigenvalue weighted by Gasteiger charge is 2.58. The number of esters is 1. The van der Waals surface area contributed by atoms with Gasteiger partial charge in [-0.05, 0) is 40.8 Å². The summed E-state index contributed by atoms with van der Waals surface area (Å²) in [5.74, 6) is -4.56. The number of Topliss-reactive ketones (excluding diaryl/α,β-unsaturated/α-hetero) is 3. The molecule has 0 saturated carbocycles. The summed E-state index contributed by atoms with van der Waals surface area (Å²) in [6.45, 7) is 5.58. The summed E-state index contributed by atoms with van der Waals surface area (Å²) in [6, 6.07) is -3.79. The van der Waals surface area contributed by atoms with Crippen LogP contribution in [0.2, 0.25) is 0 Å². The van der Waals surface area contributed by atoms with Gasteiger partial charge in [-0.3, -0.25) is 24.1 Å². The van der Waals surface area contributed by atoms with Gasteiger partial charge in [0, 0.05) is 39.1 Å². The summed E-state index contributed by atoms with van der Waals surface area (Å²) >= 11 is 0. The van der Waals surface area contributed by atoms with E-state index in [1.807, 2.05) is 0 Å². The van der Waals surface area contributed by atoms with Gasteiger partial charge >= 0.3 is 5.97 Å². The second-order valence-corrected chi connectivity index (χ2v) is 10.5. The molecule has 4 aliphatic rings. The van der Waals surface area contributed by atoms with Crippen molar-refractivity contribution < 1.29 is 48.4 Å². The minimum Gasteiger partial charge on any atom is -0.507 e. The molecule has 12 nitrogen and oxygen atoms in total. The van der Waals surface area contributed by atoms with Crippen molar-refractivity contribution in [2.24, 2.45) is 0 Å². The lowest BCUT2D eigenvalue weighted by Crippen LogP contribution is -2.65. The molecule has 0 unspecified atom stereocenters. The molecule has 0 spiro atoms. The van der Waals surface area contributed by atoms with Crippen molar-refractivity contribution in [3.63, 3.8) is 0 Å². The number of piperazine rings is 1. The minimum atomic E-state index is -1.45. The van der Waals surface area contributed by atoms with Crippen LogP contribution >= 0.6 is 0 Å². The number of ether oxygens (including phenoxy) is 3. The van der Waals surface area contributed by atoms with Crippen molar-refractivity contribution in [3.05, 3.63) is 62.6 Å². The van der Waals surface area contributed by atoms with E-state index >= 15 is 0 Å². The molecule has 42 heavy (non-hydrogen) atoms. The smallest absolute Gasteiger partial charge is 0.333 e. The Morgan fingerprint density at radius 1 is 1.02 bits per heavy atom. The molecular weight excluding hydrogens is 548 g/mol. The number of fused-ring (bicyclic) bond motifs is 6. The van der Waals surface area contributed by atoms with Crippen LogP contribution in [-0.2, 0) is 28.7 Å². The number of benzene rings is 1. The van der Waals surface area contributed by atoms with E-state index in [-0.39, 0.29) is 56.2 Å². The molecule has 1 aromatic carbocycles. The highest BCUT2D eigenvalue weighted by atomic mass is 16.5. The van der Waals surface area contributed by atoms with Gasteiger partial charge in [-0.15, -0.1) is 0 Å². The normalized spacial score (nSPS) is 23.9. The molecular formula is C30H30N2O10. The van der Waals surface area contributed by atoms with Crippen LogP contribution in [0, 0.1) is 6.92 Å². The first-order valence-electron chi connectivity index (χ1n) is 13.1. The molecule has 220 valence electrons. The summed E-state index contributed by atoms with van der Waals surface area (Å²) in [5, 5.41) is 22.4. The lowest BCUT2D eigenvalue weighted by Gasteiger charge is -2.52.